The van der Waals surface area contributed by atoms with Gasteiger partial charge in [0.25, 0.3) is 0 Å². The number of hydrogen-bond acceptors (Lipinski definition) is 4. The third kappa shape index (κ3) is 3.64. The van der Waals surface area contributed by atoms with Gasteiger partial charge in [0.1, 0.15) is 12.7 Å². The van der Waals surface area contributed by atoms with Gasteiger partial charge < -0.3 is 20.1 Å². The summed E-state index contributed by atoms with van der Waals surface area (Å²) in [7, 11) is 0. The van der Waals surface area contributed by atoms with Crippen molar-refractivity contribution in [1.29, 1.82) is 0 Å². The maximum atomic E-state index is 11.3. The molecule has 5 nitrogen and oxygen atoms in total. The molecule has 0 bridgehead atoms. The van der Waals surface area contributed by atoms with Crippen LogP contribution in [0.4, 0.5) is 4.79 Å². The van der Waals surface area contributed by atoms with Crippen molar-refractivity contribution in [3.05, 3.63) is 0 Å². The Morgan fingerprint density at radius 1 is 1.56 bits per heavy atom. The molecule has 2 N–H and O–H groups in total. The molecular formula is C11H20N2O3. The Morgan fingerprint density at radius 2 is 2.31 bits per heavy atom. The topological polar surface area (TPSA) is 59.6 Å². The first-order valence-corrected chi connectivity index (χ1v) is 5.87. The van der Waals surface area contributed by atoms with Crippen LogP contribution in [0.2, 0.25) is 0 Å². The van der Waals surface area contributed by atoms with E-state index in [1.165, 1.54) is 0 Å². The van der Waals surface area contributed by atoms with E-state index in [-0.39, 0.29) is 17.8 Å². The number of alkyl carbamates (subject to hydrolysis) is 1. The molecule has 1 heterocycles. The zero-order chi connectivity index (χ0) is 11.6. The van der Waals surface area contributed by atoms with Crippen LogP contribution in [0, 0.1) is 0 Å². The van der Waals surface area contributed by atoms with E-state index in [1.54, 1.807) is 0 Å². The molecule has 2 rings (SSSR count). The van der Waals surface area contributed by atoms with E-state index in [9.17, 15) is 4.79 Å². The first-order chi connectivity index (χ1) is 7.55. The molecule has 0 aromatic carbocycles. The standard InChI is InChI=1S/C11H20N2O3/c1-11(2)7-12-5-9(16-11)6-15-10(14)13-8-3-4-8/h8-9,12H,3-7H2,1-2H3,(H,13,14). The third-order valence-corrected chi connectivity index (χ3v) is 2.71. The summed E-state index contributed by atoms with van der Waals surface area (Å²) in [6.07, 6.45) is 1.77. The van der Waals surface area contributed by atoms with Crippen molar-refractivity contribution in [1.82, 2.24) is 10.6 Å². The summed E-state index contributed by atoms with van der Waals surface area (Å²) in [6, 6.07) is 0.342. The average molecular weight is 228 g/mol. The van der Waals surface area contributed by atoms with Gasteiger partial charge in [0.05, 0.1) is 5.60 Å². The Hall–Kier alpha value is -0.810. The van der Waals surface area contributed by atoms with E-state index < -0.39 is 0 Å². The second-order valence-electron chi connectivity index (χ2n) is 5.15. The molecule has 1 amide bonds. The van der Waals surface area contributed by atoms with E-state index in [4.69, 9.17) is 9.47 Å². The number of rotatable bonds is 3. The fraction of sp³-hybridized carbons (Fsp3) is 0.909. The molecule has 0 radical (unpaired) electrons. The highest BCUT2D eigenvalue weighted by Gasteiger charge is 2.29. The third-order valence-electron chi connectivity index (χ3n) is 2.71. The van der Waals surface area contributed by atoms with Crippen LogP contribution in [0.5, 0.6) is 0 Å². The van der Waals surface area contributed by atoms with Crippen LogP contribution in [0.3, 0.4) is 0 Å². The molecule has 1 saturated carbocycles. The summed E-state index contributed by atoms with van der Waals surface area (Å²) in [4.78, 5) is 11.3. The second-order valence-corrected chi connectivity index (χ2v) is 5.15. The number of hydrogen-bond donors (Lipinski definition) is 2. The second kappa shape index (κ2) is 4.59. The Labute approximate surface area is 95.9 Å². The molecule has 5 heteroatoms. The van der Waals surface area contributed by atoms with Crippen molar-refractivity contribution >= 4 is 6.09 Å². The molecule has 1 atom stereocenters. The zero-order valence-electron chi connectivity index (χ0n) is 9.91. The lowest BCUT2D eigenvalue weighted by atomic mass is 10.1. The molecule has 1 aliphatic heterocycles. The van der Waals surface area contributed by atoms with Gasteiger partial charge >= 0.3 is 6.09 Å². The average Bonchev–Trinajstić information content (AvgIpc) is 2.97. The summed E-state index contributed by atoms with van der Waals surface area (Å²) < 4.78 is 10.9. The van der Waals surface area contributed by atoms with Gasteiger partial charge in [-0.2, -0.15) is 0 Å². The largest absolute Gasteiger partial charge is 0.447 e. The minimum atomic E-state index is -0.325. The lowest BCUT2D eigenvalue weighted by Gasteiger charge is -2.36. The van der Waals surface area contributed by atoms with Crippen molar-refractivity contribution in [2.45, 2.75) is 44.4 Å². The predicted molar refractivity (Wildman–Crippen MR) is 59.3 cm³/mol. The Morgan fingerprint density at radius 3 is 2.94 bits per heavy atom. The van der Waals surface area contributed by atoms with E-state index >= 15 is 0 Å². The van der Waals surface area contributed by atoms with Crippen molar-refractivity contribution in [2.24, 2.45) is 0 Å². The molecular weight excluding hydrogens is 208 g/mol. The van der Waals surface area contributed by atoms with Gasteiger partial charge in [-0.15, -0.1) is 0 Å². The highest BCUT2D eigenvalue weighted by atomic mass is 16.6. The minimum Gasteiger partial charge on any atom is -0.447 e. The smallest absolute Gasteiger partial charge is 0.407 e. The predicted octanol–water partition coefficient (Wildman–Crippen LogP) is 0.642. The van der Waals surface area contributed by atoms with Gasteiger partial charge in [-0.25, -0.2) is 4.79 Å². The summed E-state index contributed by atoms with van der Waals surface area (Å²) in [5.41, 5.74) is -0.181. The number of carbonyl (C=O) groups is 1. The SMILES string of the molecule is CC1(C)CNCC(COC(=O)NC2CC2)O1. The summed E-state index contributed by atoms with van der Waals surface area (Å²) in [5.74, 6) is 0. The van der Waals surface area contributed by atoms with Gasteiger partial charge in [-0.1, -0.05) is 0 Å². The molecule has 1 unspecified atom stereocenters. The number of morpholine rings is 1. The fourth-order valence-corrected chi connectivity index (χ4v) is 1.77. The zero-order valence-corrected chi connectivity index (χ0v) is 9.91. The van der Waals surface area contributed by atoms with Crippen LogP contribution in [0.1, 0.15) is 26.7 Å². The number of ether oxygens (including phenoxy) is 2. The number of nitrogens with one attached hydrogen (secondary N) is 2. The molecule has 0 aromatic heterocycles. The number of amides is 1. The maximum Gasteiger partial charge on any atom is 0.407 e. The normalized spacial score (nSPS) is 28.5. The van der Waals surface area contributed by atoms with Crippen LogP contribution in [0.15, 0.2) is 0 Å². The van der Waals surface area contributed by atoms with Crippen LogP contribution in [0.25, 0.3) is 0 Å². The monoisotopic (exact) mass is 228 g/mol. The lowest BCUT2D eigenvalue weighted by Crippen LogP contribution is -2.52. The Bertz CT molecular complexity index is 264. The van der Waals surface area contributed by atoms with Crippen LogP contribution in [-0.2, 0) is 9.47 Å². The van der Waals surface area contributed by atoms with Crippen LogP contribution < -0.4 is 10.6 Å². The summed E-state index contributed by atoms with van der Waals surface area (Å²) in [5, 5.41) is 6.04. The molecule has 2 aliphatic rings. The van der Waals surface area contributed by atoms with Gasteiger partial charge in [-0.05, 0) is 26.7 Å². The maximum absolute atomic E-state index is 11.3. The molecule has 1 saturated heterocycles. The van der Waals surface area contributed by atoms with E-state index in [0.717, 1.165) is 25.9 Å². The van der Waals surface area contributed by atoms with Crippen molar-refractivity contribution < 1.29 is 14.3 Å². The molecule has 2 fully saturated rings. The molecule has 16 heavy (non-hydrogen) atoms. The van der Waals surface area contributed by atoms with Gasteiger partial charge in [0, 0.05) is 19.1 Å². The number of carbonyl (C=O) groups excluding carboxylic acids is 1. The molecule has 92 valence electrons. The quantitative estimate of drug-likeness (QED) is 0.744. The van der Waals surface area contributed by atoms with E-state index in [1.807, 2.05) is 13.8 Å². The summed E-state index contributed by atoms with van der Waals surface area (Å²) in [6.45, 7) is 5.93. The molecule has 0 spiro atoms. The van der Waals surface area contributed by atoms with E-state index in [0.29, 0.717) is 12.6 Å². The van der Waals surface area contributed by atoms with E-state index in [2.05, 4.69) is 10.6 Å². The fourth-order valence-electron chi connectivity index (χ4n) is 1.77. The van der Waals surface area contributed by atoms with Crippen LogP contribution in [-0.4, -0.2) is 43.5 Å². The van der Waals surface area contributed by atoms with Gasteiger partial charge in [0.15, 0.2) is 0 Å². The highest BCUT2D eigenvalue weighted by Crippen LogP contribution is 2.19. The van der Waals surface area contributed by atoms with Crippen molar-refractivity contribution in [2.75, 3.05) is 19.7 Å². The Balaban J connectivity index is 1.66. The van der Waals surface area contributed by atoms with Gasteiger partial charge in [0.2, 0.25) is 0 Å². The molecule has 0 aromatic rings. The first kappa shape index (κ1) is 11.7. The van der Waals surface area contributed by atoms with Crippen molar-refractivity contribution in [3.8, 4) is 0 Å². The first-order valence-electron chi connectivity index (χ1n) is 5.87. The minimum absolute atomic E-state index is 0.0475. The van der Waals surface area contributed by atoms with Crippen LogP contribution >= 0.6 is 0 Å². The van der Waals surface area contributed by atoms with Crippen molar-refractivity contribution in [3.63, 3.8) is 0 Å². The highest BCUT2D eigenvalue weighted by molar-refractivity contribution is 5.67. The lowest BCUT2D eigenvalue weighted by molar-refractivity contribution is -0.111. The molecule has 1 aliphatic carbocycles. The Kier molecular flexibility index (Phi) is 3.35. The summed E-state index contributed by atoms with van der Waals surface area (Å²) >= 11 is 0. The van der Waals surface area contributed by atoms with Gasteiger partial charge in [-0.3, -0.25) is 0 Å².